The average Bonchev–Trinajstić information content (AvgIpc) is 2.95. The monoisotopic (exact) mass is 340 g/mol. The summed E-state index contributed by atoms with van der Waals surface area (Å²) in [6.45, 7) is 2.47. The van der Waals surface area contributed by atoms with E-state index in [-0.39, 0.29) is 12.4 Å². The van der Waals surface area contributed by atoms with E-state index in [1.807, 2.05) is 7.05 Å². The standard InChI is InChI=1S/C15H20N4O3.ClH/c1-10(17-2)9-13-18-14(22-19-13)7-8-21-12-5-3-11(4-6-12)15(16)20;/h3-6,10,17H,7-9H2,1-2H3,(H2,16,20);1H. The minimum absolute atomic E-state index is 0. The molecule has 1 aromatic carbocycles. The Morgan fingerprint density at radius 2 is 2.09 bits per heavy atom. The van der Waals surface area contributed by atoms with Crippen molar-refractivity contribution in [2.24, 2.45) is 5.73 Å². The topological polar surface area (TPSA) is 103 Å². The Labute approximate surface area is 141 Å². The zero-order chi connectivity index (χ0) is 15.9. The van der Waals surface area contributed by atoms with Crippen molar-refractivity contribution in [2.45, 2.75) is 25.8 Å². The molecule has 0 aliphatic heterocycles. The highest BCUT2D eigenvalue weighted by atomic mass is 35.5. The summed E-state index contributed by atoms with van der Waals surface area (Å²) in [6, 6.07) is 6.95. The molecule has 0 spiro atoms. The molecule has 1 amide bonds. The van der Waals surface area contributed by atoms with Gasteiger partial charge in [0.2, 0.25) is 11.8 Å². The zero-order valence-electron chi connectivity index (χ0n) is 13.1. The van der Waals surface area contributed by atoms with E-state index in [9.17, 15) is 4.79 Å². The number of carbonyl (C=O) groups is 1. The van der Waals surface area contributed by atoms with Gasteiger partial charge < -0.3 is 20.3 Å². The quantitative estimate of drug-likeness (QED) is 0.752. The van der Waals surface area contributed by atoms with Crippen LogP contribution in [0.25, 0.3) is 0 Å². The van der Waals surface area contributed by atoms with Crippen molar-refractivity contribution in [3.63, 3.8) is 0 Å². The molecule has 0 saturated heterocycles. The molecule has 2 aromatic rings. The van der Waals surface area contributed by atoms with Gasteiger partial charge in [-0.2, -0.15) is 4.98 Å². The van der Waals surface area contributed by atoms with Crippen molar-refractivity contribution in [3.05, 3.63) is 41.5 Å². The number of benzene rings is 1. The van der Waals surface area contributed by atoms with Crippen molar-refractivity contribution < 1.29 is 14.1 Å². The second-order valence-corrected chi connectivity index (χ2v) is 4.99. The van der Waals surface area contributed by atoms with Gasteiger partial charge in [0.15, 0.2) is 5.82 Å². The van der Waals surface area contributed by atoms with Gasteiger partial charge in [0, 0.05) is 18.0 Å². The van der Waals surface area contributed by atoms with Crippen LogP contribution < -0.4 is 15.8 Å². The number of primary amides is 1. The summed E-state index contributed by atoms with van der Waals surface area (Å²) < 4.78 is 10.7. The number of rotatable bonds is 8. The fourth-order valence-electron chi connectivity index (χ4n) is 1.82. The van der Waals surface area contributed by atoms with E-state index < -0.39 is 5.91 Å². The SMILES string of the molecule is CNC(C)Cc1noc(CCOc2ccc(C(N)=O)cc2)n1.Cl. The maximum Gasteiger partial charge on any atom is 0.248 e. The van der Waals surface area contributed by atoms with Gasteiger partial charge in [0.25, 0.3) is 0 Å². The van der Waals surface area contributed by atoms with Crippen LogP contribution in [0.4, 0.5) is 0 Å². The van der Waals surface area contributed by atoms with E-state index in [1.54, 1.807) is 24.3 Å². The maximum atomic E-state index is 11.0. The third kappa shape index (κ3) is 5.88. The molecule has 0 bridgehead atoms. The number of hydrogen-bond donors (Lipinski definition) is 2. The van der Waals surface area contributed by atoms with Crippen LogP contribution in [0.5, 0.6) is 5.75 Å². The van der Waals surface area contributed by atoms with Crippen LogP contribution in [0.2, 0.25) is 0 Å². The lowest BCUT2D eigenvalue weighted by Crippen LogP contribution is -2.24. The summed E-state index contributed by atoms with van der Waals surface area (Å²) in [5.41, 5.74) is 5.63. The number of halogens is 1. The number of carbonyl (C=O) groups excluding carboxylic acids is 1. The Balaban J connectivity index is 0.00000264. The Kier molecular flexibility index (Phi) is 7.50. The van der Waals surface area contributed by atoms with Crippen molar-refractivity contribution in [1.29, 1.82) is 0 Å². The van der Waals surface area contributed by atoms with Crippen LogP contribution in [0.3, 0.4) is 0 Å². The van der Waals surface area contributed by atoms with Crippen molar-refractivity contribution in [3.8, 4) is 5.75 Å². The molecular formula is C15H21ClN4O3. The lowest BCUT2D eigenvalue weighted by molar-refractivity contribution is 0.100. The molecule has 1 heterocycles. The van der Waals surface area contributed by atoms with Crippen LogP contribution in [0.15, 0.2) is 28.8 Å². The summed E-state index contributed by atoms with van der Waals surface area (Å²) in [5, 5.41) is 7.05. The van der Waals surface area contributed by atoms with E-state index in [1.165, 1.54) is 0 Å². The number of aromatic nitrogens is 2. The molecule has 1 atom stereocenters. The Hall–Kier alpha value is -2.12. The van der Waals surface area contributed by atoms with Gasteiger partial charge in [-0.1, -0.05) is 5.16 Å². The van der Waals surface area contributed by atoms with Crippen LogP contribution in [-0.2, 0) is 12.8 Å². The van der Waals surface area contributed by atoms with Gasteiger partial charge in [0.05, 0.1) is 13.0 Å². The Morgan fingerprint density at radius 1 is 1.39 bits per heavy atom. The molecule has 7 nitrogen and oxygen atoms in total. The first kappa shape index (κ1) is 18.9. The molecule has 0 saturated carbocycles. The second-order valence-electron chi connectivity index (χ2n) is 4.99. The summed E-state index contributed by atoms with van der Waals surface area (Å²) >= 11 is 0. The third-order valence-electron chi connectivity index (χ3n) is 3.22. The first-order chi connectivity index (χ1) is 10.6. The third-order valence-corrected chi connectivity index (χ3v) is 3.22. The molecule has 3 N–H and O–H groups in total. The Morgan fingerprint density at radius 3 is 2.70 bits per heavy atom. The van der Waals surface area contributed by atoms with Gasteiger partial charge in [-0.25, -0.2) is 0 Å². The van der Waals surface area contributed by atoms with Crippen LogP contribution in [-0.4, -0.2) is 35.7 Å². The van der Waals surface area contributed by atoms with E-state index in [0.29, 0.717) is 42.1 Å². The number of ether oxygens (including phenoxy) is 1. The summed E-state index contributed by atoms with van der Waals surface area (Å²) in [4.78, 5) is 15.3. The van der Waals surface area contributed by atoms with Crippen molar-refractivity contribution in [2.75, 3.05) is 13.7 Å². The molecule has 0 fully saturated rings. The Bertz CT molecular complexity index is 615. The van der Waals surface area contributed by atoms with E-state index >= 15 is 0 Å². The molecule has 1 unspecified atom stereocenters. The normalized spacial score (nSPS) is 11.6. The first-order valence-electron chi connectivity index (χ1n) is 7.10. The zero-order valence-corrected chi connectivity index (χ0v) is 13.9. The van der Waals surface area contributed by atoms with Gasteiger partial charge in [-0.05, 0) is 38.2 Å². The largest absolute Gasteiger partial charge is 0.493 e. The predicted octanol–water partition coefficient (Wildman–Crippen LogP) is 1.36. The number of nitrogens with two attached hydrogens (primary N) is 1. The summed E-state index contributed by atoms with van der Waals surface area (Å²) in [6.07, 6.45) is 1.24. The molecule has 126 valence electrons. The smallest absolute Gasteiger partial charge is 0.248 e. The van der Waals surface area contributed by atoms with Gasteiger partial charge >= 0.3 is 0 Å². The number of nitrogens with one attached hydrogen (secondary N) is 1. The average molecular weight is 341 g/mol. The minimum atomic E-state index is -0.458. The molecule has 0 aliphatic carbocycles. The highest BCUT2D eigenvalue weighted by molar-refractivity contribution is 5.92. The molecule has 23 heavy (non-hydrogen) atoms. The minimum Gasteiger partial charge on any atom is -0.493 e. The highest BCUT2D eigenvalue weighted by Gasteiger charge is 2.09. The summed E-state index contributed by atoms with van der Waals surface area (Å²) in [5.74, 6) is 1.43. The van der Waals surface area contributed by atoms with Crippen LogP contribution >= 0.6 is 12.4 Å². The number of nitrogens with zero attached hydrogens (tertiary/aromatic N) is 2. The van der Waals surface area contributed by atoms with Gasteiger partial charge in [-0.3, -0.25) is 4.79 Å². The number of amides is 1. The molecule has 0 radical (unpaired) electrons. The van der Waals surface area contributed by atoms with E-state index in [2.05, 4.69) is 22.4 Å². The number of hydrogen-bond acceptors (Lipinski definition) is 6. The first-order valence-corrected chi connectivity index (χ1v) is 7.10. The van der Waals surface area contributed by atoms with E-state index in [0.717, 1.165) is 6.42 Å². The second kappa shape index (κ2) is 9.12. The molecule has 0 aliphatic rings. The van der Waals surface area contributed by atoms with Crippen LogP contribution in [0, 0.1) is 0 Å². The molecular weight excluding hydrogens is 320 g/mol. The van der Waals surface area contributed by atoms with E-state index in [4.69, 9.17) is 15.0 Å². The number of likely N-dealkylation sites (N-methyl/N-ethyl adjacent to an activating group) is 1. The molecule has 2 rings (SSSR count). The highest BCUT2D eigenvalue weighted by Crippen LogP contribution is 2.12. The maximum absolute atomic E-state index is 11.0. The predicted molar refractivity (Wildman–Crippen MR) is 87.9 cm³/mol. The summed E-state index contributed by atoms with van der Waals surface area (Å²) in [7, 11) is 1.89. The van der Waals surface area contributed by atoms with Gasteiger partial charge in [-0.15, -0.1) is 12.4 Å². The molecule has 8 heteroatoms. The fraction of sp³-hybridized carbons (Fsp3) is 0.400. The van der Waals surface area contributed by atoms with Gasteiger partial charge in [0.1, 0.15) is 5.75 Å². The molecule has 1 aromatic heterocycles. The van der Waals surface area contributed by atoms with Crippen molar-refractivity contribution in [1.82, 2.24) is 15.5 Å². The van der Waals surface area contributed by atoms with Crippen LogP contribution in [0.1, 0.15) is 29.0 Å². The lowest BCUT2D eigenvalue weighted by Gasteiger charge is -2.05. The lowest BCUT2D eigenvalue weighted by atomic mass is 10.2. The van der Waals surface area contributed by atoms with Crippen molar-refractivity contribution >= 4 is 18.3 Å². The fourth-order valence-corrected chi connectivity index (χ4v) is 1.82.